The second-order valence-corrected chi connectivity index (χ2v) is 3.47. The zero-order valence-electron chi connectivity index (χ0n) is 6.83. The molecule has 2 aliphatic heterocycles. The van der Waals surface area contributed by atoms with Crippen molar-refractivity contribution in [3.63, 3.8) is 0 Å². The highest BCUT2D eigenvalue weighted by atomic mass is 16.6. The number of esters is 2. The second-order valence-electron chi connectivity index (χ2n) is 3.47. The Balaban J connectivity index is 2.20. The number of rotatable bonds is 0. The quantitative estimate of drug-likeness (QED) is 0.494. The highest BCUT2D eigenvalue weighted by molar-refractivity contribution is 5.77. The Morgan fingerprint density at radius 2 is 2.17 bits per heavy atom. The zero-order chi connectivity index (χ0) is 8.77. The van der Waals surface area contributed by atoms with Gasteiger partial charge in [-0.05, 0) is 6.92 Å². The van der Waals surface area contributed by atoms with Crippen LogP contribution in [-0.4, -0.2) is 23.6 Å². The highest BCUT2D eigenvalue weighted by Gasteiger charge is 2.50. The second kappa shape index (κ2) is 2.21. The van der Waals surface area contributed by atoms with Crippen LogP contribution in [0.1, 0.15) is 26.2 Å². The van der Waals surface area contributed by atoms with Crippen LogP contribution >= 0.6 is 0 Å². The number of carbonyl (C=O) groups is 2. The Morgan fingerprint density at radius 3 is 2.92 bits per heavy atom. The van der Waals surface area contributed by atoms with Crippen LogP contribution in [-0.2, 0) is 19.1 Å². The van der Waals surface area contributed by atoms with Crippen molar-refractivity contribution >= 4 is 11.9 Å². The van der Waals surface area contributed by atoms with Crippen molar-refractivity contribution in [2.75, 3.05) is 0 Å². The highest BCUT2D eigenvalue weighted by Crippen LogP contribution is 2.36. The third kappa shape index (κ3) is 0.983. The van der Waals surface area contributed by atoms with Crippen LogP contribution in [0.5, 0.6) is 0 Å². The molecule has 2 aliphatic rings. The fraction of sp³-hybridized carbons (Fsp3) is 0.750. The molecule has 0 radical (unpaired) electrons. The number of hydrogen-bond donors (Lipinski definition) is 0. The van der Waals surface area contributed by atoms with Gasteiger partial charge in [0.1, 0.15) is 5.60 Å². The van der Waals surface area contributed by atoms with Crippen LogP contribution in [0, 0.1) is 0 Å². The van der Waals surface area contributed by atoms with Crippen LogP contribution in [0.25, 0.3) is 0 Å². The monoisotopic (exact) mass is 170 g/mol. The van der Waals surface area contributed by atoms with E-state index in [1.165, 1.54) is 0 Å². The smallest absolute Gasteiger partial charge is 0.310 e. The van der Waals surface area contributed by atoms with E-state index in [2.05, 4.69) is 0 Å². The summed E-state index contributed by atoms with van der Waals surface area (Å²) in [5, 5.41) is 0. The molecule has 2 rings (SSSR count). The molecular weight excluding hydrogens is 160 g/mol. The minimum absolute atomic E-state index is 0.211. The van der Waals surface area contributed by atoms with Gasteiger partial charge >= 0.3 is 11.9 Å². The largest absolute Gasteiger partial charge is 0.457 e. The molecule has 0 saturated carbocycles. The summed E-state index contributed by atoms with van der Waals surface area (Å²) in [5.74, 6) is -0.493. The summed E-state index contributed by atoms with van der Waals surface area (Å²) >= 11 is 0. The molecule has 0 aromatic heterocycles. The summed E-state index contributed by atoms with van der Waals surface area (Å²) in [4.78, 5) is 21.8. The van der Waals surface area contributed by atoms with Crippen LogP contribution in [0.2, 0.25) is 0 Å². The summed E-state index contributed by atoms with van der Waals surface area (Å²) < 4.78 is 10.1. The molecule has 4 heteroatoms. The van der Waals surface area contributed by atoms with E-state index in [1.54, 1.807) is 0 Å². The minimum atomic E-state index is -0.551. The molecule has 2 saturated heterocycles. The van der Waals surface area contributed by atoms with Crippen molar-refractivity contribution in [2.45, 2.75) is 37.9 Å². The molecule has 2 heterocycles. The maximum Gasteiger partial charge on any atom is 0.310 e. The van der Waals surface area contributed by atoms with E-state index in [4.69, 9.17) is 9.47 Å². The number of hydrogen-bond acceptors (Lipinski definition) is 4. The molecule has 0 spiro atoms. The molecule has 2 atom stereocenters. The van der Waals surface area contributed by atoms with Crippen molar-refractivity contribution in [1.82, 2.24) is 0 Å². The van der Waals surface area contributed by atoms with Crippen molar-refractivity contribution in [1.29, 1.82) is 0 Å². The number of fused-ring (bicyclic) bond motifs is 1. The van der Waals surface area contributed by atoms with Gasteiger partial charge in [-0.1, -0.05) is 0 Å². The summed E-state index contributed by atoms with van der Waals surface area (Å²) in [5.41, 5.74) is -0.551. The van der Waals surface area contributed by atoms with Crippen LogP contribution in [0.3, 0.4) is 0 Å². The number of ether oxygens (including phenoxy) is 2. The van der Waals surface area contributed by atoms with E-state index in [0.717, 1.165) is 0 Å². The molecule has 0 bridgehead atoms. The zero-order valence-corrected chi connectivity index (χ0v) is 6.83. The van der Waals surface area contributed by atoms with Gasteiger partial charge in [0.25, 0.3) is 0 Å². The molecule has 0 amide bonds. The molecule has 4 nitrogen and oxygen atoms in total. The van der Waals surface area contributed by atoms with Crippen molar-refractivity contribution in [2.24, 2.45) is 0 Å². The van der Waals surface area contributed by atoms with Crippen molar-refractivity contribution < 1.29 is 19.1 Å². The molecular formula is C8H10O4. The van der Waals surface area contributed by atoms with Gasteiger partial charge in [0.15, 0.2) is 6.10 Å². The lowest BCUT2D eigenvalue weighted by atomic mass is 9.91. The third-order valence-corrected chi connectivity index (χ3v) is 2.48. The van der Waals surface area contributed by atoms with E-state index in [1.807, 2.05) is 6.92 Å². The van der Waals surface area contributed by atoms with E-state index < -0.39 is 5.60 Å². The fourth-order valence-electron chi connectivity index (χ4n) is 1.68. The molecule has 0 aromatic rings. The maximum absolute atomic E-state index is 10.9. The molecule has 66 valence electrons. The predicted molar refractivity (Wildman–Crippen MR) is 38.2 cm³/mol. The van der Waals surface area contributed by atoms with Gasteiger partial charge in [-0.3, -0.25) is 9.59 Å². The average Bonchev–Trinajstić information content (AvgIpc) is 2.24. The standard InChI is InChI=1S/C8H10O4/c1-8-3-2-6(9)11-5(8)4-7(10)12-8/h5H,2-4H2,1H3/t5-,8-/m1/s1. The molecule has 0 N–H and O–H groups in total. The van der Waals surface area contributed by atoms with E-state index >= 15 is 0 Å². The van der Waals surface area contributed by atoms with E-state index in [-0.39, 0.29) is 24.5 Å². The van der Waals surface area contributed by atoms with Crippen LogP contribution < -0.4 is 0 Å². The van der Waals surface area contributed by atoms with Gasteiger partial charge in [0, 0.05) is 12.8 Å². The first-order valence-corrected chi connectivity index (χ1v) is 4.01. The van der Waals surface area contributed by atoms with Gasteiger partial charge in [-0.25, -0.2) is 0 Å². The Hall–Kier alpha value is -1.06. The first-order valence-electron chi connectivity index (χ1n) is 4.01. The Bertz CT molecular complexity index is 247. The van der Waals surface area contributed by atoms with Gasteiger partial charge in [0.2, 0.25) is 0 Å². The molecule has 0 aliphatic carbocycles. The van der Waals surface area contributed by atoms with E-state index in [9.17, 15) is 9.59 Å². The van der Waals surface area contributed by atoms with Crippen molar-refractivity contribution in [3.8, 4) is 0 Å². The Morgan fingerprint density at radius 1 is 1.42 bits per heavy atom. The Labute approximate surface area is 69.8 Å². The maximum atomic E-state index is 10.9. The van der Waals surface area contributed by atoms with Crippen LogP contribution in [0.15, 0.2) is 0 Å². The van der Waals surface area contributed by atoms with E-state index in [0.29, 0.717) is 12.8 Å². The third-order valence-electron chi connectivity index (χ3n) is 2.48. The van der Waals surface area contributed by atoms with Crippen molar-refractivity contribution in [3.05, 3.63) is 0 Å². The summed E-state index contributed by atoms with van der Waals surface area (Å²) in [6, 6.07) is 0. The summed E-state index contributed by atoms with van der Waals surface area (Å²) in [6.45, 7) is 1.81. The first-order chi connectivity index (χ1) is 5.60. The predicted octanol–water partition coefficient (Wildman–Crippen LogP) is 0.398. The topological polar surface area (TPSA) is 52.6 Å². The normalized spacial score (nSPS) is 40.2. The first kappa shape index (κ1) is 7.58. The molecule has 0 aromatic carbocycles. The summed E-state index contributed by atoms with van der Waals surface area (Å²) in [6.07, 6.45) is 0.788. The fourth-order valence-corrected chi connectivity index (χ4v) is 1.68. The summed E-state index contributed by atoms with van der Waals surface area (Å²) in [7, 11) is 0. The SMILES string of the molecule is C[C@@]12CCC(=O)O[C@@H]1CC(=O)O2. The number of carbonyl (C=O) groups excluding carboxylic acids is 2. The molecule has 12 heavy (non-hydrogen) atoms. The average molecular weight is 170 g/mol. The van der Waals surface area contributed by atoms with Gasteiger partial charge in [-0.15, -0.1) is 0 Å². The molecule has 0 unspecified atom stereocenters. The Kier molecular flexibility index (Phi) is 1.40. The lowest BCUT2D eigenvalue weighted by Gasteiger charge is -2.32. The van der Waals surface area contributed by atoms with Gasteiger partial charge in [-0.2, -0.15) is 0 Å². The molecule has 2 fully saturated rings. The lowest BCUT2D eigenvalue weighted by Crippen LogP contribution is -2.43. The van der Waals surface area contributed by atoms with Gasteiger partial charge < -0.3 is 9.47 Å². The van der Waals surface area contributed by atoms with Crippen LogP contribution in [0.4, 0.5) is 0 Å². The minimum Gasteiger partial charge on any atom is -0.457 e. The lowest BCUT2D eigenvalue weighted by molar-refractivity contribution is -0.174. The van der Waals surface area contributed by atoms with Gasteiger partial charge in [0.05, 0.1) is 6.42 Å².